The predicted octanol–water partition coefficient (Wildman–Crippen LogP) is 4.98. The number of aromatic nitrogens is 1. The van der Waals surface area contributed by atoms with Gasteiger partial charge in [-0.05, 0) is 48.9 Å². The maximum atomic E-state index is 14.7. The Labute approximate surface area is 191 Å². The lowest BCUT2D eigenvalue weighted by atomic mass is 10.0. The topological polar surface area (TPSA) is 65.8 Å². The molecule has 1 atom stereocenters. The van der Waals surface area contributed by atoms with Crippen molar-refractivity contribution in [1.29, 1.82) is 0 Å². The smallest absolute Gasteiger partial charge is 0.199 e. The van der Waals surface area contributed by atoms with Crippen molar-refractivity contribution in [1.82, 2.24) is 10.3 Å². The molecule has 5 rings (SSSR count). The molecule has 1 saturated heterocycles. The van der Waals surface area contributed by atoms with E-state index >= 15 is 0 Å². The molecule has 0 spiro atoms. The van der Waals surface area contributed by atoms with Crippen LogP contribution in [0.5, 0.6) is 17.2 Å². The number of rotatable bonds is 7. The number of halogens is 1. The number of nitrogens with zero attached hydrogens (tertiary/aromatic N) is 1. The highest BCUT2D eigenvalue weighted by molar-refractivity contribution is 5.92. The molecular weight excluding hydrogens is 423 g/mol. The zero-order chi connectivity index (χ0) is 22.8. The molecule has 33 heavy (non-hydrogen) atoms. The Hall–Kier alpha value is -3.58. The molecule has 170 valence electrons. The molecule has 0 unspecified atom stereocenters. The summed E-state index contributed by atoms with van der Waals surface area (Å²) in [5.41, 5.74) is 3.13. The highest BCUT2D eigenvalue weighted by Gasteiger charge is 2.20. The second kappa shape index (κ2) is 9.11. The van der Waals surface area contributed by atoms with Gasteiger partial charge >= 0.3 is 0 Å². The van der Waals surface area contributed by atoms with E-state index in [4.69, 9.17) is 18.6 Å². The van der Waals surface area contributed by atoms with Crippen molar-refractivity contribution in [2.75, 3.05) is 27.3 Å². The number of hydrogen-bond acceptors (Lipinski definition) is 6. The lowest BCUT2D eigenvalue weighted by Gasteiger charge is -2.16. The fraction of sp³-hybridized carbons (Fsp3) is 0.269. The third kappa shape index (κ3) is 4.24. The van der Waals surface area contributed by atoms with Crippen molar-refractivity contribution in [2.45, 2.75) is 18.9 Å². The third-order valence-electron chi connectivity index (χ3n) is 5.82. The molecule has 0 saturated carbocycles. The number of oxazole rings is 1. The second-order valence-electron chi connectivity index (χ2n) is 7.97. The van der Waals surface area contributed by atoms with Crippen LogP contribution in [0.4, 0.5) is 4.39 Å². The second-order valence-corrected chi connectivity index (χ2v) is 7.97. The molecule has 0 aliphatic carbocycles. The third-order valence-corrected chi connectivity index (χ3v) is 5.82. The van der Waals surface area contributed by atoms with Gasteiger partial charge in [0.1, 0.15) is 23.2 Å². The van der Waals surface area contributed by atoms with Crippen LogP contribution in [0.3, 0.4) is 0 Å². The minimum Gasteiger partial charge on any atom is -0.496 e. The standard InChI is InChI=1S/C26H25FN2O4/c1-30-21-10-9-16(13-23(21)32-17-11-12-28-15-17)14-24-29-20-7-3-5-18(26(20)33-24)25-19(27)6-4-8-22(25)31-2/h3-10,13,17,28H,11-12,14-15H2,1-2H3/t17-/m0/s1. The summed E-state index contributed by atoms with van der Waals surface area (Å²) in [5, 5.41) is 3.30. The van der Waals surface area contributed by atoms with Crippen LogP contribution < -0.4 is 19.5 Å². The highest BCUT2D eigenvalue weighted by Crippen LogP contribution is 2.38. The van der Waals surface area contributed by atoms with E-state index in [-0.39, 0.29) is 11.9 Å². The molecule has 1 aliphatic rings. The van der Waals surface area contributed by atoms with Crippen molar-refractivity contribution >= 4 is 11.1 Å². The van der Waals surface area contributed by atoms with Gasteiger partial charge in [-0.25, -0.2) is 9.37 Å². The first-order valence-corrected chi connectivity index (χ1v) is 10.9. The summed E-state index contributed by atoms with van der Waals surface area (Å²) >= 11 is 0. The fourth-order valence-corrected chi connectivity index (χ4v) is 4.21. The van der Waals surface area contributed by atoms with Crippen molar-refractivity contribution in [2.24, 2.45) is 0 Å². The highest BCUT2D eigenvalue weighted by atomic mass is 19.1. The summed E-state index contributed by atoms with van der Waals surface area (Å²) in [4.78, 5) is 4.64. The molecule has 4 aromatic rings. The van der Waals surface area contributed by atoms with Crippen LogP contribution in [0.25, 0.3) is 22.2 Å². The van der Waals surface area contributed by atoms with E-state index in [2.05, 4.69) is 10.3 Å². The first-order valence-electron chi connectivity index (χ1n) is 10.9. The van der Waals surface area contributed by atoms with Crippen molar-refractivity contribution < 1.29 is 23.0 Å². The minimum absolute atomic E-state index is 0.122. The van der Waals surface area contributed by atoms with Crippen molar-refractivity contribution in [3.63, 3.8) is 0 Å². The number of benzene rings is 3. The molecule has 7 heteroatoms. The van der Waals surface area contributed by atoms with Crippen LogP contribution >= 0.6 is 0 Å². The number of hydrogen-bond donors (Lipinski definition) is 1. The molecule has 1 N–H and O–H groups in total. The van der Waals surface area contributed by atoms with Gasteiger partial charge in [-0.3, -0.25) is 0 Å². The van der Waals surface area contributed by atoms with Gasteiger partial charge < -0.3 is 23.9 Å². The fourth-order valence-electron chi connectivity index (χ4n) is 4.21. The van der Waals surface area contributed by atoms with E-state index < -0.39 is 0 Å². The van der Waals surface area contributed by atoms with Gasteiger partial charge in [-0.2, -0.15) is 0 Å². The lowest BCUT2D eigenvalue weighted by molar-refractivity contribution is 0.212. The molecule has 3 aromatic carbocycles. The lowest BCUT2D eigenvalue weighted by Crippen LogP contribution is -2.19. The molecule has 0 amide bonds. The van der Waals surface area contributed by atoms with Crippen LogP contribution in [0.15, 0.2) is 59.0 Å². The maximum Gasteiger partial charge on any atom is 0.199 e. The molecule has 1 aliphatic heterocycles. The van der Waals surface area contributed by atoms with Gasteiger partial charge in [-0.15, -0.1) is 0 Å². The summed E-state index contributed by atoms with van der Waals surface area (Å²) in [6, 6.07) is 16.1. The van der Waals surface area contributed by atoms with E-state index in [0.717, 1.165) is 25.1 Å². The van der Waals surface area contributed by atoms with Gasteiger partial charge in [0.25, 0.3) is 0 Å². The average molecular weight is 448 g/mol. The molecule has 6 nitrogen and oxygen atoms in total. The monoisotopic (exact) mass is 448 g/mol. The molecule has 0 bridgehead atoms. The van der Waals surface area contributed by atoms with Gasteiger partial charge in [0, 0.05) is 18.5 Å². The summed E-state index contributed by atoms with van der Waals surface area (Å²) in [6.45, 7) is 1.77. The van der Waals surface area contributed by atoms with Crippen LogP contribution in [0, 0.1) is 5.82 Å². The SMILES string of the molecule is COc1ccc(Cc2nc3cccc(-c4c(F)cccc4OC)c3o2)cc1O[C@H]1CCNC1. The number of ether oxygens (including phenoxy) is 3. The summed E-state index contributed by atoms with van der Waals surface area (Å²) < 4.78 is 37.9. The van der Waals surface area contributed by atoms with Gasteiger partial charge in [0.2, 0.25) is 0 Å². The Morgan fingerprint density at radius 1 is 1.03 bits per heavy atom. The minimum atomic E-state index is -0.377. The molecule has 0 radical (unpaired) electrons. The maximum absolute atomic E-state index is 14.7. The van der Waals surface area contributed by atoms with E-state index in [1.807, 2.05) is 36.4 Å². The molecule has 2 heterocycles. The number of nitrogens with one attached hydrogen (secondary N) is 1. The quantitative estimate of drug-likeness (QED) is 0.430. The predicted molar refractivity (Wildman–Crippen MR) is 124 cm³/mol. The molecule has 1 aromatic heterocycles. The van der Waals surface area contributed by atoms with Gasteiger partial charge in [-0.1, -0.05) is 24.3 Å². The van der Waals surface area contributed by atoms with E-state index in [9.17, 15) is 4.39 Å². The normalized spacial score (nSPS) is 15.7. The largest absolute Gasteiger partial charge is 0.496 e. The van der Waals surface area contributed by atoms with E-state index in [1.54, 1.807) is 19.2 Å². The first kappa shape index (κ1) is 21.3. The van der Waals surface area contributed by atoms with Crippen LogP contribution in [0.2, 0.25) is 0 Å². The average Bonchev–Trinajstić information content (AvgIpc) is 3.48. The molecule has 1 fully saturated rings. The molecular formula is C26H25FN2O4. The Balaban J connectivity index is 1.48. The van der Waals surface area contributed by atoms with Crippen LogP contribution in [0.1, 0.15) is 17.9 Å². The number of para-hydroxylation sites is 1. The van der Waals surface area contributed by atoms with Crippen LogP contribution in [-0.4, -0.2) is 38.4 Å². The summed E-state index contributed by atoms with van der Waals surface area (Å²) in [5.74, 6) is 2.00. The zero-order valence-corrected chi connectivity index (χ0v) is 18.6. The van der Waals surface area contributed by atoms with Gasteiger partial charge in [0.05, 0.1) is 19.8 Å². The van der Waals surface area contributed by atoms with Crippen LogP contribution in [-0.2, 0) is 6.42 Å². The summed E-state index contributed by atoms with van der Waals surface area (Å²) in [6.07, 6.45) is 1.55. The van der Waals surface area contributed by atoms with Gasteiger partial charge in [0.15, 0.2) is 23.0 Å². The zero-order valence-electron chi connectivity index (χ0n) is 18.6. The Morgan fingerprint density at radius 3 is 2.67 bits per heavy atom. The Kier molecular flexibility index (Phi) is 5.88. The van der Waals surface area contributed by atoms with E-state index in [0.29, 0.717) is 51.8 Å². The number of fused-ring (bicyclic) bond motifs is 1. The van der Waals surface area contributed by atoms with Crippen molar-refractivity contribution in [3.8, 4) is 28.4 Å². The Morgan fingerprint density at radius 2 is 1.88 bits per heavy atom. The first-order chi connectivity index (χ1) is 16.2. The Bertz CT molecular complexity index is 1280. The van der Waals surface area contributed by atoms with E-state index in [1.165, 1.54) is 13.2 Å². The summed E-state index contributed by atoms with van der Waals surface area (Å²) in [7, 11) is 3.16. The van der Waals surface area contributed by atoms with Crippen molar-refractivity contribution in [3.05, 3.63) is 71.9 Å². The number of methoxy groups -OCH3 is 2.